The quantitative estimate of drug-likeness (QED) is 0.455. The molecule has 19 heavy (non-hydrogen) atoms. The lowest BCUT2D eigenvalue weighted by Crippen LogP contribution is -2.32. The highest BCUT2D eigenvalue weighted by molar-refractivity contribution is 6.21. The van der Waals surface area contributed by atoms with Crippen LogP contribution in [0.2, 0.25) is 0 Å². The number of carbonyl (C=O) groups is 3. The van der Waals surface area contributed by atoms with E-state index in [0.717, 1.165) is 4.90 Å². The highest BCUT2D eigenvalue weighted by Crippen LogP contribution is 2.22. The summed E-state index contributed by atoms with van der Waals surface area (Å²) >= 11 is 0. The van der Waals surface area contributed by atoms with Gasteiger partial charge in [-0.15, -0.1) is 0 Å². The SMILES string of the molecule is C=CCOC(=O)CCN1C(=O)c2ccccc2C1=O. The number of nitrogens with zero attached hydrogens (tertiary/aromatic N) is 1. The Hall–Kier alpha value is -2.43. The van der Waals surface area contributed by atoms with Gasteiger partial charge in [0.05, 0.1) is 17.5 Å². The molecule has 0 spiro atoms. The molecule has 1 aliphatic rings. The molecule has 0 saturated heterocycles. The predicted octanol–water partition coefficient (Wildman–Crippen LogP) is 1.40. The average Bonchev–Trinajstić information content (AvgIpc) is 2.67. The van der Waals surface area contributed by atoms with Gasteiger partial charge in [-0.25, -0.2) is 0 Å². The van der Waals surface area contributed by atoms with E-state index in [1.165, 1.54) is 6.08 Å². The van der Waals surface area contributed by atoms with Gasteiger partial charge in [-0.2, -0.15) is 0 Å². The summed E-state index contributed by atoms with van der Waals surface area (Å²) in [7, 11) is 0. The summed E-state index contributed by atoms with van der Waals surface area (Å²) in [5.74, 6) is -1.19. The summed E-state index contributed by atoms with van der Waals surface area (Å²) in [4.78, 5) is 36.3. The molecule has 1 heterocycles. The molecule has 5 heteroatoms. The van der Waals surface area contributed by atoms with Crippen molar-refractivity contribution in [2.45, 2.75) is 6.42 Å². The van der Waals surface area contributed by atoms with E-state index in [1.807, 2.05) is 0 Å². The number of ether oxygens (including phenoxy) is 1. The molecule has 0 aromatic heterocycles. The lowest BCUT2D eigenvalue weighted by molar-refractivity contribution is -0.142. The standard InChI is InChI=1S/C14H13NO4/c1-2-9-19-12(16)7-8-15-13(17)10-5-3-4-6-11(10)14(15)18/h2-6H,1,7-9H2. The second-order valence-electron chi connectivity index (χ2n) is 4.03. The minimum atomic E-state index is -0.462. The normalized spacial score (nSPS) is 13.4. The number of rotatable bonds is 5. The molecular formula is C14H13NO4. The van der Waals surface area contributed by atoms with Gasteiger partial charge in [0.25, 0.3) is 11.8 Å². The molecule has 1 aliphatic heterocycles. The molecule has 0 unspecified atom stereocenters. The minimum Gasteiger partial charge on any atom is -0.461 e. The maximum Gasteiger partial charge on any atom is 0.307 e. The topological polar surface area (TPSA) is 63.7 Å². The van der Waals surface area contributed by atoms with Crippen molar-refractivity contribution in [1.82, 2.24) is 4.90 Å². The molecule has 5 nitrogen and oxygen atoms in total. The first-order chi connectivity index (χ1) is 9.15. The number of amides is 2. The van der Waals surface area contributed by atoms with Gasteiger partial charge in [-0.3, -0.25) is 19.3 Å². The van der Waals surface area contributed by atoms with E-state index in [0.29, 0.717) is 11.1 Å². The third-order valence-electron chi connectivity index (χ3n) is 2.78. The van der Waals surface area contributed by atoms with Crippen LogP contribution in [0.15, 0.2) is 36.9 Å². The van der Waals surface area contributed by atoms with E-state index < -0.39 is 5.97 Å². The van der Waals surface area contributed by atoms with Crippen LogP contribution in [-0.2, 0) is 9.53 Å². The smallest absolute Gasteiger partial charge is 0.307 e. The van der Waals surface area contributed by atoms with Crippen LogP contribution in [-0.4, -0.2) is 35.8 Å². The average molecular weight is 259 g/mol. The molecule has 0 N–H and O–H groups in total. The second-order valence-corrected chi connectivity index (χ2v) is 4.03. The molecule has 0 radical (unpaired) electrons. The summed E-state index contributed by atoms with van der Waals surface area (Å²) in [6.07, 6.45) is 1.44. The molecule has 2 rings (SSSR count). The van der Waals surface area contributed by atoms with Crippen LogP contribution in [0.4, 0.5) is 0 Å². The van der Waals surface area contributed by atoms with Crippen LogP contribution in [0.1, 0.15) is 27.1 Å². The first kappa shape index (κ1) is 13.0. The highest BCUT2D eigenvalue weighted by Gasteiger charge is 2.34. The predicted molar refractivity (Wildman–Crippen MR) is 67.6 cm³/mol. The number of esters is 1. The third kappa shape index (κ3) is 2.54. The van der Waals surface area contributed by atoms with Crippen molar-refractivity contribution >= 4 is 17.8 Å². The van der Waals surface area contributed by atoms with E-state index >= 15 is 0 Å². The zero-order chi connectivity index (χ0) is 13.8. The molecule has 1 aromatic rings. The van der Waals surface area contributed by atoms with Crippen molar-refractivity contribution in [2.75, 3.05) is 13.2 Å². The van der Waals surface area contributed by atoms with Crippen LogP contribution < -0.4 is 0 Å². The van der Waals surface area contributed by atoms with Crippen molar-refractivity contribution in [3.8, 4) is 0 Å². The fraction of sp³-hybridized carbons (Fsp3) is 0.214. The van der Waals surface area contributed by atoms with Crippen molar-refractivity contribution in [3.63, 3.8) is 0 Å². The lowest BCUT2D eigenvalue weighted by Gasteiger charge is -2.12. The molecule has 0 bridgehead atoms. The van der Waals surface area contributed by atoms with Gasteiger partial charge in [-0.05, 0) is 12.1 Å². The summed E-state index contributed by atoms with van der Waals surface area (Å²) in [6.45, 7) is 3.58. The molecular weight excluding hydrogens is 246 g/mol. The molecule has 0 atom stereocenters. The van der Waals surface area contributed by atoms with Crippen LogP contribution >= 0.6 is 0 Å². The van der Waals surface area contributed by atoms with E-state index in [4.69, 9.17) is 4.74 Å². The van der Waals surface area contributed by atoms with E-state index in [-0.39, 0.29) is 31.4 Å². The zero-order valence-corrected chi connectivity index (χ0v) is 10.3. The van der Waals surface area contributed by atoms with Gasteiger partial charge in [0.2, 0.25) is 0 Å². The van der Waals surface area contributed by atoms with E-state index in [2.05, 4.69) is 6.58 Å². The molecule has 0 saturated carbocycles. The van der Waals surface area contributed by atoms with Crippen LogP contribution in [0, 0.1) is 0 Å². The monoisotopic (exact) mass is 259 g/mol. The minimum absolute atomic E-state index is 0.0146. The molecule has 2 amide bonds. The largest absolute Gasteiger partial charge is 0.461 e. The van der Waals surface area contributed by atoms with Gasteiger partial charge in [-0.1, -0.05) is 24.8 Å². The Kier molecular flexibility index (Phi) is 3.75. The first-order valence-corrected chi connectivity index (χ1v) is 5.87. The summed E-state index contributed by atoms with van der Waals surface area (Å²) in [6, 6.07) is 6.61. The summed E-state index contributed by atoms with van der Waals surface area (Å²) in [5.41, 5.74) is 0.763. The summed E-state index contributed by atoms with van der Waals surface area (Å²) in [5, 5.41) is 0. The Morgan fingerprint density at radius 3 is 2.32 bits per heavy atom. The van der Waals surface area contributed by atoms with Gasteiger partial charge < -0.3 is 4.74 Å². The van der Waals surface area contributed by atoms with Crippen molar-refractivity contribution in [2.24, 2.45) is 0 Å². The fourth-order valence-corrected chi connectivity index (χ4v) is 1.87. The number of benzene rings is 1. The van der Waals surface area contributed by atoms with Gasteiger partial charge >= 0.3 is 5.97 Å². The van der Waals surface area contributed by atoms with Gasteiger partial charge in [0.1, 0.15) is 6.61 Å². The molecule has 0 fully saturated rings. The number of fused-ring (bicyclic) bond motifs is 1. The molecule has 0 aliphatic carbocycles. The van der Waals surface area contributed by atoms with Gasteiger partial charge in [0.15, 0.2) is 0 Å². The fourth-order valence-electron chi connectivity index (χ4n) is 1.87. The third-order valence-corrected chi connectivity index (χ3v) is 2.78. The first-order valence-electron chi connectivity index (χ1n) is 5.87. The number of carbonyl (C=O) groups excluding carboxylic acids is 3. The lowest BCUT2D eigenvalue weighted by atomic mass is 10.1. The number of hydrogen-bond acceptors (Lipinski definition) is 4. The summed E-state index contributed by atoms with van der Waals surface area (Å²) < 4.78 is 4.79. The Morgan fingerprint density at radius 2 is 1.79 bits per heavy atom. The molecule has 1 aromatic carbocycles. The molecule has 98 valence electrons. The zero-order valence-electron chi connectivity index (χ0n) is 10.3. The maximum atomic E-state index is 12.0. The maximum absolute atomic E-state index is 12.0. The van der Waals surface area contributed by atoms with Crippen LogP contribution in [0.5, 0.6) is 0 Å². The Morgan fingerprint density at radius 1 is 1.21 bits per heavy atom. The Bertz CT molecular complexity index is 515. The van der Waals surface area contributed by atoms with Crippen molar-refractivity contribution in [3.05, 3.63) is 48.0 Å². The van der Waals surface area contributed by atoms with Gasteiger partial charge in [0, 0.05) is 6.54 Å². The Labute approximate surface area is 110 Å². The highest BCUT2D eigenvalue weighted by atomic mass is 16.5. The van der Waals surface area contributed by atoms with Crippen molar-refractivity contribution < 1.29 is 19.1 Å². The van der Waals surface area contributed by atoms with E-state index in [9.17, 15) is 14.4 Å². The number of hydrogen-bond donors (Lipinski definition) is 0. The van der Waals surface area contributed by atoms with E-state index in [1.54, 1.807) is 24.3 Å². The second kappa shape index (κ2) is 5.48. The Balaban J connectivity index is 2.00. The number of imide groups is 1. The van der Waals surface area contributed by atoms with Crippen molar-refractivity contribution in [1.29, 1.82) is 0 Å². The van der Waals surface area contributed by atoms with Crippen LogP contribution in [0.3, 0.4) is 0 Å². The van der Waals surface area contributed by atoms with Crippen LogP contribution in [0.25, 0.3) is 0 Å².